The molecule has 0 saturated carbocycles. The molecule has 0 fully saturated rings. The number of rotatable bonds is 3. The van der Waals surface area contributed by atoms with Crippen molar-refractivity contribution in [1.82, 2.24) is 0 Å². The van der Waals surface area contributed by atoms with E-state index in [1.54, 1.807) is 0 Å². The molecule has 0 saturated heterocycles. The molecule has 2 unspecified atom stereocenters. The zero-order valence-corrected chi connectivity index (χ0v) is 34.5. The van der Waals surface area contributed by atoms with Crippen LogP contribution in [0.3, 0.4) is 0 Å². The van der Waals surface area contributed by atoms with Crippen LogP contribution in [0.5, 0.6) is 0 Å². The van der Waals surface area contributed by atoms with E-state index in [0.29, 0.717) is 33.2 Å². The fourth-order valence-electron chi connectivity index (χ4n) is 11.1. The van der Waals surface area contributed by atoms with Crippen molar-refractivity contribution < 1.29 is 19.5 Å². The van der Waals surface area contributed by atoms with Gasteiger partial charge < -0.3 is 31.7 Å². The molecule has 13 rings (SSSR count). The topological polar surface area (TPSA) is 144 Å². The SMILES string of the molecule is CC(=O)Nc1cccc2c1-c1ccccc1C21N=c2/c(=C3\C(=O)C(c4ccc5cccc6c5c4NC4(N6)c5ccccc5-c5c(NC(C)=O)cccc54)=C3O)ccc3cccc(c23)N1. The molecule has 0 aromatic heterocycles. The Morgan fingerprint density at radius 1 is 0.547 bits per heavy atom. The van der Waals surface area contributed by atoms with Crippen molar-refractivity contribution in [2.75, 3.05) is 26.6 Å². The Kier molecular flexibility index (Phi) is 7.09. The van der Waals surface area contributed by atoms with Crippen molar-refractivity contribution in [1.29, 1.82) is 0 Å². The molecule has 3 aliphatic carbocycles. The van der Waals surface area contributed by atoms with E-state index in [1.165, 1.54) is 13.8 Å². The minimum atomic E-state index is -1.11. The number of hydrogen-bond acceptors (Lipinski definition) is 8. The molecule has 6 N–H and O–H groups in total. The van der Waals surface area contributed by atoms with Crippen LogP contribution < -0.4 is 37.2 Å². The highest BCUT2D eigenvalue weighted by molar-refractivity contribution is 6.52. The average molecular weight is 833 g/mol. The predicted octanol–water partition coefficient (Wildman–Crippen LogP) is 9.26. The van der Waals surface area contributed by atoms with E-state index < -0.39 is 11.3 Å². The maximum atomic E-state index is 15.1. The van der Waals surface area contributed by atoms with Gasteiger partial charge in [-0.25, -0.2) is 4.99 Å². The minimum Gasteiger partial charge on any atom is -0.506 e. The lowest BCUT2D eigenvalue weighted by Gasteiger charge is -2.41. The van der Waals surface area contributed by atoms with Crippen LogP contribution in [0.25, 0.3) is 54.9 Å². The van der Waals surface area contributed by atoms with Gasteiger partial charge in [0.05, 0.1) is 22.2 Å². The van der Waals surface area contributed by atoms with E-state index in [2.05, 4.69) is 44.8 Å². The predicted molar refractivity (Wildman–Crippen MR) is 251 cm³/mol. The van der Waals surface area contributed by atoms with Crippen LogP contribution >= 0.6 is 0 Å². The van der Waals surface area contributed by atoms with Gasteiger partial charge in [0.1, 0.15) is 5.76 Å². The second kappa shape index (κ2) is 12.5. The quantitative estimate of drug-likeness (QED) is 0.104. The molecule has 8 aromatic rings. The number of allylic oxidation sites excluding steroid dienone is 2. The number of ketones is 1. The molecule has 8 aromatic carbocycles. The lowest BCUT2D eigenvalue weighted by Crippen LogP contribution is -2.45. The molecule has 2 amide bonds. The summed E-state index contributed by atoms with van der Waals surface area (Å²) in [7, 11) is 0. The molecule has 0 radical (unpaired) electrons. The molecule has 2 atom stereocenters. The monoisotopic (exact) mass is 832 g/mol. The Morgan fingerprint density at radius 2 is 1.12 bits per heavy atom. The number of aliphatic hydroxyl groups excluding tert-OH is 1. The summed E-state index contributed by atoms with van der Waals surface area (Å²) < 4.78 is 0. The summed E-state index contributed by atoms with van der Waals surface area (Å²) in [4.78, 5) is 45.5. The van der Waals surface area contributed by atoms with Crippen molar-refractivity contribution >= 4 is 78.7 Å². The van der Waals surface area contributed by atoms with E-state index in [-0.39, 0.29) is 34.5 Å². The number of carbonyl (C=O) groups excluding carboxylic acids is 3. The highest BCUT2D eigenvalue weighted by Gasteiger charge is 2.49. The lowest BCUT2D eigenvalue weighted by atomic mass is 9.79. The van der Waals surface area contributed by atoms with Crippen LogP contribution in [0.15, 0.2) is 156 Å². The largest absolute Gasteiger partial charge is 0.506 e. The molecule has 306 valence electrons. The van der Waals surface area contributed by atoms with E-state index >= 15 is 4.79 Å². The van der Waals surface area contributed by atoms with Gasteiger partial charge in [0.15, 0.2) is 11.3 Å². The molecule has 2 aliphatic heterocycles. The van der Waals surface area contributed by atoms with E-state index in [9.17, 15) is 14.7 Å². The maximum Gasteiger partial charge on any atom is 0.221 e. The first-order chi connectivity index (χ1) is 31.2. The number of Topliss-reactive ketones (excluding diaryl/α,β-unsaturated/α-hetero) is 1. The Balaban J connectivity index is 1.04. The van der Waals surface area contributed by atoms with Gasteiger partial charge in [0.2, 0.25) is 17.6 Å². The molecular formula is C54H36N6O4. The number of carbonyl (C=O) groups is 3. The van der Waals surface area contributed by atoms with Gasteiger partial charge in [0, 0.05) is 91.5 Å². The van der Waals surface area contributed by atoms with Crippen molar-refractivity contribution in [3.05, 3.63) is 190 Å². The van der Waals surface area contributed by atoms with Crippen LogP contribution in [-0.4, -0.2) is 22.7 Å². The normalized spacial score (nSPS) is 19.8. The summed E-state index contributed by atoms with van der Waals surface area (Å²) in [5.41, 5.74) is 9.99. The lowest BCUT2D eigenvalue weighted by molar-refractivity contribution is -0.115. The van der Waals surface area contributed by atoms with Gasteiger partial charge >= 0.3 is 0 Å². The summed E-state index contributed by atoms with van der Waals surface area (Å²) in [6, 6.07) is 47.8. The van der Waals surface area contributed by atoms with Gasteiger partial charge in [0.25, 0.3) is 0 Å². The van der Waals surface area contributed by atoms with Crippen molar-refractivity contribution in [3.63, 3.8) is 0 Å². The number of fused-ring (bicyclic) bond motifs is 10. The van der Waals surface area contributed by atoms with Gasteiger partial charge in [-0.3, -0.25) is 14.4 Å². The number of anilines is 5. The smallest absolute Gasteiger partial charge is 0.221 e. The molecule has 10 heteroatoms. The number of benzene rings is 8. The van der Waals surface area contributed by atoms with Gasteiger partial charge in [-0.05, 0) is 46.2 Å². The second-order valence-electron chi connectivity index (χ2n) is 17.0. The van der Waals surface area contributed by atoms with Crippen molar-refractivity contribution in [3.8, 4) is 22.3 Å². The van der Waals surface area contributed by atoms with Gasteiger partial charge in [-0.2, -0.15) is 0 Å². The molecule has 2 heterocycles. The zero-order chi connectivity index (χ0) is 43.2. The van der Waals surface area contributed by atoms with Gasteiger partial charge in [-0.1, -0.05) is 121 Å². The van der Waals surface area contributed by atoms with E-state index in [1.807, 2.05) is 127 Å². The van der Waals surface area contributed by atoms with E-state index in [0.717, 1.165) is 77.4 Å². The standard InChI is InChI=1S/C54H36N6O4/c1-27(61)55-39-19-9-17-37-45(39)31-13-3-5-15-35(31)53(37)57-41-21-7-11-29-23-25-33(49(59-53)43(29)41)47-51(63)48(52(47)64)34-26-24-30-12-8-22-42-44(30)50(34)60-54(58-42)36-16-6-4-14-32(36)46-38(54)18-10-20-40(46)56-28(2)62/h3-26,57-59,63H,1-2H3,(H,55,61)(H,56,62)/b48-34-. The fourth-order valence-corrected chi connectivity index (χ4v) is 11.1. The Labute approximate surface area is 365 Å². The Morgan fingerprint density at radius 3 is 1.83 bits per heavy atom. The highest BCUT2D eigenvalue weighted by atomic mass is 16.3. The van der Waals surface area contributed by atoms with Crippen molar-refractivity contribution in [2.45, 2.75) is 25.2 Å². The molecular weight excluding hydrogens is 797 g/mol. The van der Waals surface area contributed by atoms with Crippen molar-refractivity contribution in [2.24, 2.45) is 4.99 Å². The zero-order valence-electron chi connectivity index (χ0n) is 34.5. The van der Waals surface area contributed by atoms with Crippen LogP contribution in [0.2, 0.25) is 0 Å². The Bertz CT molecular complexity index is 3720. The summed E-state index contributed by atoms with van der Waals surface area (Å²) >= 11 is 0. The second-order valence-corrected chi connectivity index (χ2v) is 17.0. The Hall–Kier alpha value is -8.50. The first-order valence-corrected chi connectivity index (χ1v) is 21.2. The molecule has 5 aliphatic rings. The summed E-state index contributed by atoms with van der Waals surface area (Å²) in [6.07, 6.45) is 0. The van der Waals surface area contributed by atoms with Crippen LogP contribution in [0.1, 0.15) is 41.7 Å². The van der Waals surface area contributed by atoms with Crippen LogP contribution in [0, 0.1) is 0 Å². The third-order valence-corrected chi connectivity index (χ3v) is 13.5. The summed E-state index contributed by atoms with van der Waals surface area (Å²) in [5.74, 6) is -0.750. The summed E-state index contributed by atoms with van der Waals surface area (Å²) in [6.45, 7) is 3.00. The molecule has 10 nitrogen and oxygen atoms in total. The first kappa shape index (κ1) is 36.2. The molecule has 64 heavy (non-hydrogen) atoms. The van der Waals surface area contributed by atoms with E-state index in [4.69, 9.17) is 4.99 Å². The molecule has 0 bridgehead atoms. The van der Waals surface area contributed by atoms with Crippen LogP contribution in [-0.2, 0) is 25.7 Å². The number of hydrogen-bond donors (Lipinski definition) is 6. The summed E-state index contributed by atoms with van der Waals surface area (Å²) in [5, 5.41) is 34.8. The molecule has 2 spiro atoms. The number of nitrogens with zero attached hydrogens (tertiary/aromatic N) is 1. The van der Waals surface area contributed by atoms with Crippen LogP contribution in [0.4, 0.5) is 28.4 Å². The fraction of sp³-hybridized carbons (Fsp3) is 0.0741. The van der Waals surface area contributed by atoms with Gasteiger partial charge in [-0.15, -0.1) is 0 Å². The first-order valence-electron chi connectivity index (χ1n) is 21.2. The number of amides is 2. The maximum absolute atomic E-state index is 15.1. The number of nitrogens with one attached hydrogen (secondary N) is 5. The average Bonchev–Trinajstić information content (AvgIpc) is 3.71. The number of aliphatic hydroxyl groups is 1. The minimum absolute atomic E-state index is 0.108. The highest BCUT2D eigenvalue weighted by Crippen LogP contribution is 2.57. The third kappa shape index (κ3) is 4.58. The third-order valence-electron chi connectivity index (χ3n) is 13.5.